The molecule has 0 amide bonds. The van der Waals surface area contributed by atoms with Crippen molar-refractivity contribution in [2.24, 2.45) is 0 Å². The topological polar surface area (TPSA) is 58.7 Å². The van der Waals surface area contributed by atoms with Crippen LogP contribution in [0.3, 0.4) is 0 Å². The molecule has 7 rings (SSSR count). The van der Waals surface area contributed by atoms with Gasteiger partial charge in [-0.3, -0.25) is 0 Å². The van der Waals surface area contributed by atoms with Crippen LogP contribution in [0.1, 0.15) is 69.4 Å². The van der Waals surface area contributed by atoms with Crippen LogP contribution in [0, 0.1) is 17.9 Å². The van der Waals surface area contributed by atoms with Crippen LogP contribution in [0.5, 0.6) is 0 Å². The minimum Gasteiger partial charge on any atom is -0.380 e. The van der Waals surface area contributed by atoms with Crippen LogP contribution in [0.4, 0.5) is 51.2 Å². The number of anilines is 8. The van der Waals surface area contributed by atoms with Crippen molar-refractivity contribution >= 4 is 75.5 Å². The molecule has 0 fully saturated rings. The lowest BCUT2D eigenvalue weighted by atomic mass is 10.0. The van der Waals surface area contributed by atoms with Crippen LogP contribution in [-0.2, 0) is 0 Å². The van der Waals surface area contributed by atoms with Crippen molar-refractivity contribution in [2.45, 2.75) is 52.6 Å². The fraction of sp³-hybridized carbons (Fsp3) is 0.143. The van der Waals surface area contributed by atoms with Gasteiger partial charge in [0.2, 0.25) is 0 Å². The smallest absolute Gasteiger partial charge is 0.194 e. The normalized spacial score (nSPS) is 11.5. The third-order valence-electron chi connectivity index (χ3n) is 9.97. The van der Waals surface area contributed by atoms with Gasteiger partial charge < -0.3 is 20.4 Å². The maximum absolute atomic E-state index is 10.2. The number of para-hydroxylation sites is 2. The number of benzene rings is 7. The van der Waals surface area contributed by atoms with E-state index in [-0.39, 0.29) is 11.1 Å². The third kappa shape index (κ3) is 10.9. The second-order valence-electron chi connectivity index (χ2n) is 17.3. The number of rotatable bonds is 12. The summed E-state index contributed by atoms with van der Waals surface area (Å²) in [6.45, 7) is 20.9. The van der Waals surface area contributed by atoms with E-state index in [1.807, 2.05) is 60.7 Å². The SMILES string of the molecule is [C-]#[N+]c1cc(/C=C/c2ccc(N(c3ccccc3)c3ccc(NC(C)(C)C)cc3)cc2)c(C#N)cc1/C=C/c1ccc(N(c2ccccc2)c2ccc(NC(C)(C)C)cc2)cc1. The summed E-state index contributed by atoms with van der Waals surface area (Å²) >= 11 is 0. The van der Waals surface area contributed by atoms with E-state index in [2.05, 4.69) is 194 Å². The van der Waals surface area contributed by atoms with Crippen molar-refractivity contribution in [3.63, 3.8) is 0 Å². The van der Waals surface area contributed by atoms with E-state index in [0.29, 0.717) is 22.4 Å². The summed E-state index contributed by atoms with van der Waals surface area (Å²) in [5.74, 6) is 0. The van der Waals surface area contributed by atoms with Gasteiger partial charge >= 0.3 is 0 Å². The zero-order chi connectivity index (χ0) is 43.7. The molecule has 0 saturated carbocycles. The van der Waals surface area contributed by atoms with Crippen LogP contribution in [0.2, 0.25) is 0 Å². The van der Waals surface area contributed by atoms with Crippen molar-refractivity contribution in [3.8, 4) is 6.07 Å². The van der Waals surface area contributed by atoms with E-state index >= 15 is 0 Å². The lowest BCUT2D eigenvalue weighted by Gasteiger charge is -2.27. The predicted octanol–water partition coefficient (Wildman–Crippen LogP) is 15.8. The van der Waals surface area contributed by atoms with Crippen LogP contribution < -0.4 is 20.4 Å². The molecule has 0 aromatic heterocycles. The third-order valence-corrected chi connectivity index (χ3v) is 9.97. The molecule has 6 nitrogen and oxygen atoms in total. The molecule has 0 unspecified atom stereocenters. The number of hydrogen-bond donors (Lipinski definition) is 2. The summed E-state index contributed by atoms with van der Waals surface area (Å²) in [4.78, 5) is 8.31. The molecule has 0 spiro atoms. The van der Waals surface area contributed by atoms with Crippen LogP contribution in [0.15, 0.2) is 170 Å². The molecular formula is C56H52N6. The number of nitriles is 1. The molecule has 306 valence electrons. The van der Waals surface area contributed by atoms with Gasteiger partial charge in [-0.15, -0.1) is 0 Å². The number of nitrogens with zero attached hydrogens (tertiary/aromatic N) is 4. The lowest BCUT2D eigenvalue weighted by molar-refractivity contribution is 0.633. The van der Waals surface area contributed by atoms with Gasteiger partial charge in [0.1, 0.15) is 0 Å². The van der Waals surface area contributed by atoms with Crippen molar-refractivity contribution in [2.75, 3.05) is 20.4 Å². The van der Waals surface area contributed by atoms with Crippen LogP contribution in [0.25, 0.3) is 29.1 Å². The second-order valence-corrected chi connectivity index (χ2v) is 17.3. The Morgan fingerprint density at radius 1 is 0.468 bits per heavy atom. The largest absolute Gasteiger partial charge is 0.380 e. The average molecular weight is 809 g/mol. The van der Waals surface area contributed by atoms with E-state index in [1.165, 1.54) is 0 Å². The Kier molecular flexibility index (Phi) is 12.7. The van der Waals surface area contributed by atoms with E-state index in [0.717, 1.165) is 56.6 Å². The Hall–Kier alpha value is -7.80. The Bertz CT molecular complexity index is 2530. The zero-order valence-electron chi connectivity index (χ0n) is 36.3. The number of nitrogens with one attached hydrogen (secondary N) is 2. The molecule has 0 aliphatic heterocycles. The second kappa shape index (κ2) is 18.6. The molecule has 0 bridgehead atoms. The summed E-state index contributed by atoms with van der Waals surface area (Å²) in [6, 6.07) is 60.3. The van der Waals surface area contributed by atoms with Gasteiger partial charge in [-0.1, -0.05) is 85.0 Å². The van der Waals surface area contributed by atoms with Crippen LogP contribution >= 0.6 is 0 Å². The summed E-state index contributed by atoms with van der Waals surface area (Å²) in [7, 11) is 0. The Morgan fingerprint density at radius 3 is 1.18 bits per heavy atom. The fourth-order valence-corrected chi connectivity index (χ4v) is 7.23. The quantitative estimate of drug-likeness (QED) is 0.0951. The maximum atomic E-state index is 10.2. The fourth-order valence-electron chi connectivity index (χ4n) is 7.23. The average Bonchev–Trinajstić information content (AvgIpc) is 3.27. The van der Waals surface area contributed by atoms with Crippen molar-refractivity contribution in [3.05, 3.63) is 209 Å². The van der Waals surface area contributed by atoms with Crippen molar-refractivity contribution < 1.29 is 0 Å². The molecule has 0 heterocycles. The summed E-state index contributed by atoms with van der Waals surface area (Å²) in [5.41, 5.74) is 12.7. The van der Waals surface area contributed by atoms with Crippen LogP contribution in [-0.4, -0.2) is 11.1 Å². The summed E-state index contributed by atoms with van der Waals surface area (Å²) in [6.07, 6.45) is 7.80. The van der Waals surface area contributed by atoms with E-state index < -0.39 is 0 Å². The van der Waals surface area contributed by atoms with Gasteiger partial charge in [-0.2, -0.15) is 5.26 Å². The first-order valence-electron chi connectivity index (χ1n) is 20.8. The Balaban J connectivity index is 1.09. The summed E-state index contributed by atoms with van der Waals surface area (Å²) in [5, 5.41) is 17.3. The molecule has 0 radical (unpaired) electrons. The lowest BCUT2D eigenvalue weighted by Crippen LogP contribution is -2.25. The number of hydrogen-bond acceptors (Lipinski definition) is 5. The first kappa shape index (κ1) is 42.3. The predicted molar refractivity (Wildman–Crippen MR) is 264 cm³/mol. The molecule has 0 atom stereocenters. The highest BCUT2D eigenvalue weighted by molar-refractivity contribution is 5.84. The van der Waals surface area contributed by atoms with Gasteiger partial charge in [0, 0.05) is 56.6 Å². The maximum Gasteiger partial charge on any atom is 0.194 e. The molecule has 0 saturated heterocycles. The van der Waals surface area contributed by atoms with Crippen molar-refractivity contribution in [1.82, 2.24) is 0 Å². The first-order chi connectivity index (χ1) is 29.9. The van der Waals surface area contributed by atoms with Gasteiger partial charge in [0.05, 0.1) is 18.2 Å². The highest BCUT2D eigenvalue weighted by Crippen LogP contribution is 2.37. The highest BCUT2D eigenvalue weighted by atomic mass is 15.1. The molecular weight excluding hydrogens is 757 g/mol. The standard InChI is InChI=1S/C56H52N6/c1-55(2,3)59-46-26-34-52(35-27-46)61(48-14-10-8-11-15-48)50-30-20-41(21-31-50)18-24-43-39-54(58-7)44(38-45(43)40-57)25-19-42-22-32-51(33-23-42)62(49-16-12-9-13-17-49)53-36-28-47(29-37-53)60-56(4,5)6/h8-39,59-60H,1-6H3/b24-18+,25-19+. The molecule has 62 heavy (non-hydrogen) atoms. The molecule has 0 aliphatic carbocycles. The van der Waals surface area contributed by atoms with E-state index in [9.17, 15) is 5.26 Å². The molecule has 7 aromatic carbocycles. The van der Waals surface area contributed by atoms with Gasteiger partial charge in [0.15, 0.2) is 5.69 Å². The highest BCUT2D eigenvalue weighted by Gasteiger charge is 2.16. The first-order valence-corrected chi connectivity index (χ1v) is 20.8. The van der Waals surface area contributed by atoms with E-state index in [4.69, 9.17) is 6.57 Å². The molecule has 2 N–H and O–H groups in total. The minimum absolute atomic E-state index is 0.0326. The zero-order valence-corrected chi connectivity index (χ0v) is 36.3. The Morgan fingerprint density at radius 2 is 0.823 bits per heavy atom. The van der Waals surface area contributed by atoms with Crippen molar-refractivity contribution in [1.29, 1.82) is 5.26 Å². The minimum atomic E-state index is -0.0328. The molecule has 6 heteroatoms. The monoisotopic (exact) mass is 808 g/mol. The van der Waals surface area contributed by atoms with Gasteiger partial charge in [-0.05, 0) is 173 Å². The molecule has 7 aromatic rings. The summed E-state index contributed by atoms with van der Waals surface area (Å²) < 4.78 is 0. The Labute approximate surface area is 367 Å². The van der Waals surface area contributed by atoms with E-state index in [1.54, 1.807) is 12.1 Å². The van der Waals surface area contributed by atoms with Gasteiger partial charge in [0.25, 0.3) is 0 Å². The molecule has 0 aliphatic rings. The van der Waals surface area contributed by atoms with Gasteiger partial charge in [-0.25, -0.2) is 4.85 Å².